The van der Waals surface area contributed by atoms with Crippen LogP contribution in [0, 0.1) is 6.92 Å². The highest BCUT2D eigenvalue weighted by molar-refractivity contribution is 7.89. The average Bonchev–Trinajstić information content (AvgIpc) is 3.15. The van der Waals surface area contributed by atoms with Gasteiger partial charge < -0.3 is 4.52 Å². The van der Waals surface area contributed by atoms with E-state index in [0.29, 0.717) is 31.9 Å². The van der Waals surface area contributed by atoms with E-state index < -0.39 is 20.0 Å². The van der Waals surface area contributed by atoms with E-state index in [0.717, 1.165) is 18.5 Å². The van der Waals surface area contributed by atoms with Crippen LogP contribution in [-0.2, 0) is 20.0 Å². The van der Waals surface area contributed by atoms with Crippen molar-refractivity contribution in [1.29, 1.82) is 0 Å². The highest BCUT2D eigenvalue weighted by atomic mass is 32.2. The highest BCUT2D eigenvalue weighted by Gasteiger charge is 2.33. The third-order valence-corrected chi connectivity index (χ3v) is 9.18. The zero-order valence-electron chi connectivity index (χ0n) is 16.9. The number of hydrogen-bond donors (Lipinski definition) is 0. The molecule has 0 bridgehead atoms. The largest absolute Gasteiger partial charge is 0.361 e. The molecule has 3 rings (SSSR count). The predicted octanol–water partition coefficient (Wildman–Crippen LogP) is 2.58. The van der Waals surface area contributed by atoms with E-state index in [9.17, 15) is 16.8 Å². The Labute approximate surface area is 172 Å². The fraction of sp³-hybridized carbons (Fsp3) is 0.526. The van der Waals surface area contributed by atoms with Crippen LogP contribution in [0.4, 0.5) is 0 Å². The minimum atomic E-state index is -3.73. The summed E-state index contributed by atoms with van der Waals surface area (Å²) >= 11 is 0. The second-order valence-corrected chi connectivity index (χ2v) is 11.0. The van der Waals surface area contributed by atoms with Gasteiger partial charge >= 0.3 is 0 Å². The Morgan fingerprint density at radius 2 is 1.72 bits per heavy atom. The van der Waals surface area contributed by atoms with E-state index in [2.05, 4.69) is 5.16 Å². The van der Waals surface area contributed by atoms with Crippen molar-refractivity contribution in [2.75, 3.05) is 26.2 Å². The van der Waals surface area contributed by atoms with Gasteiger partial charge in [-0.15, -0.1) is 0 Å². The molecule has 8 nitrogen and oxygen atoms in total. The van der Waals surface area contributed by atoms with Crippen molar-refractivity contribution in [3.05, 3.63) is 41.8 Å². The lowest BCUT2D eigenvalue weighted by Gasteiger charge is -2.30. The molecule has 0 radical (unpaired) electrons. The molecule has 2 heterocycles. The van der Waals surface area contributed by atoms with Crippen molar-refractivity contribution in [1.82, 2.24) is 13.8 Å². The number of benzene rings is 1. The molecule has 1 aliphatic rings. The summed E-state index contributed by atoms with van der Waals surface area (Å²) < 4.78 is 59.5. The number of aromatic nitrogens is 1. The zero-order chi connectivity index (χ0) is 21.2. The number of aryl methyl sites for hydroxylation is 1. The van der Waals surface area contributed by atoms with E-state index in [-0.39, 0.29) is 15.7 Å². The van der Waals surface area contributed by atoms with Crippen molar-refractivity contribution in [3.8, 4) is 0 Å². The monoisotopic (exact) mass is 441 g/mol. The lowest BCUT2D eigenvalue weighted by Crippen LogP contribution is -2.39. The van der Waals surface area contributed by atoms with Gasteiger partial charge in [0.25, 0.3) is 0 Å². The van der Waals surface area contributed by atoms with Gasteiger partial charge in [0.1, 0.15) is 5.76 Å². The Bertz CT molecular complexity index is 1040. The SMILES string of the molecule is CCN(CC)S(=O)(=O)c1ccc(S(=O)(=O)N2CCC[C@@H](c3cc(C)no3)C2)cc1. The minimum Gasteiger partial charge on any atom is -0.361 e. The Hall–Kier alpha value is -1.75. The van der Waals surface area contributed by atoms with Gasteiger partial charge in [-0.25, -0.2) is 16.8 Å². The third-order valence-electron chi connectivity index (χ3n) is 5.24. The fourth-order valence-corrected chi connectivity index (χ4v) is 6.60. The fourth-order valence-electron chi connectivity index (χ4n) is 3.61. The highest BCUT2D eigenvalue weighted by Crippen LogP contribution is 2.31. The standard InChI is InChI=1S/C19H27N3O5S2/c1-4-21(5-2)28(23,24)17-8-10-18(11-9-17)29(25,26)22-12-6-7-16(14-22)19-13-15(3)20-27-19/h8-11,13,16H,4-7,12,14H2,1-3H3/t16-/m1/s1. The van der Waals surface area contributed by atoms with Crippen LogP contribution in [-0.4, -0.2) is 56.8 Å². The molecule has 0 aliphatic carbocycles. The lowest BCUT2D eigenvalue weighted by molar-refractivity contribution is 0.270. The summed E-state index contributed by atoms with van der Waals surface area (Å²) in [5.74, 6) is 0.658. The summed E-state index contributed by atoms with van der Waals surface area (Å²) in [4.78, 5) is 0.180. The van der Waals surface area contributed by atoms with E-state index in [1.807, 2.05) is 13.0 Å². The van der Waals surface area contributed by atoms with E-state index in [1.54, 1.807) is 13.8 Å². The topological polar surface area (TPSA) is 101 Å². The van der Waals surface area contributed by atoms with E-state index in [1.165, 1.54) is 32.9 Å². The smallest absolute Gasteiger partial charge is 0.243 e. The Morgan fingerprint density at radius 1 is 1.10 bits per heavy atom. The van der Waals surface area contributed by atoms with Crippen molar-refractivity contribution < 1.29 is 21.4 Å². The molecule has 1 fully saturated rings. The molecule has 1 aliphatic heterocycles. The van der Waals surface area contributed by atoms with Crippen LogP contribution in [0.2, 0.25) is 0 Å². The van der Waals surface area contributed by atoms with E-state index in [4.69, 9.17) is 4.52 Å². The maximum absolute atomic E-state index is 13.1. The molecule has 1 aromatic carbocycles. The summed E-state index contributed by atoms with van der Waals surface area (Å²) in [5.41, 5.74) is 0.769. The van der Waals surface area contributed by atoms with Crippen molar-refractivity contribution >= 4 is 20.0 Å². The van der Waals surface area contributed by atoms with Crippen molar-refractivity contribution in [3.63, 3.8) is 0 Å². The maximum atomic E-state index is 13.1. The van der Waals surface area contributed by atoms with Gasteiger partial charge in [0.05, 0.1) is 15.5 Å². The summed E-state index contributed by atoms with van der Waals surface area (Å²) in [6.07, 6.45) is 1.56. The second-order valence-electron chi connectivity index (χ2n) is 7.13. The molecule has 0 saturated carbocycles. The zero-order valence-corrected chi connectivity index (χ0v) is 18.5. The van der Waals surface area contributed by atoms with Crippen LogP contribution < -0.4 is 0 Å². The summed E-state index contributed by atoms with van der Waals surface area (Å²) in [7, 11) is -7.35. The van der Waals surface area contributed by atoms with Crippen molar-refractivity contribution in [2.45, 2.75) is 49.3 Å². The average molecular weight is 442 g/mol. The van der Waals surface area contributed by atoms with Gasteiger partial charge in [0, 0.05) is 38.2 Å². The number of nitrogens with zero attached hydrogens (tertiary/aromatic N) is 3. The van der Waals surface area contributed by atoms with Crippen molar-refractivity contribution in [2.24, 2.45) is 0 Å². The summed E-state index contributed by atoms with van der Waals surface area (Å²) in [5, 5.41) is 3.89. The van der Waals surface area contributed by atoms with Gasteiger partial charge in [0.2, 0.25) is 20.0 Å². The molecule has 2 aromatic rings. The molecule has 0 spiro atoms. The van der Waals surface area contributed by atoms with Crippen LogP contribution in [0.5, 0.6) is 0 Å². The van der Waals surface area contributed by atoms with Gasteiger partial charge in [0.15, 0.2) is 0 Å². The van der Waals surface area contributed by atoms with E-state index >= 15 is 0 Å². The summed E-state index contributed by atoms with van der Waals surface area (Å²) in [6.45, 7) is 6.82. The number of rotatable bonds is 7. The molecule has 1 atom stereocenters. The first-order valence-electron chi connectivity index (χ1n) is 9.73. The number of hydrogen-bond acceptors (Lipinski definition) is 6. The minimum absolute atomic E-state index is 0.0398. The maximum Gasteiger partial charge on any atom is 0.243 e. The summed E-state index contributed by atoms with van der Waals surface area (Å²) in [6, 6.07) is 7.30. The Kier molecular flexibility index (Phi) is 6.47. The first-order chi connectivity index (χ1) is 13.7. The van der Waals surface area contributed by atoms with Gasteiger partial charge in [-0.05, 0) is 44.0 Å². The molecule has 160 valence electrons. The van der Waals surface area contributed by atoms with Crippen LogP contribution in [0.15, 0.2) is 44.6 Å². The van der Waals surface area contributed by atoms with Crippen LogP contribution in [0.3, 0.4) is 0 Å². The molecule has 29 heavy (non-hydrogen) atoms. The van der Waals surface area contributed by atoms with Crippen LogP contribution in [0.25, 0.3) is 0 Å². The molecule has 0 unspecified atom stereocenters. The lowest BCUT2D eigenvalue weighted by atomic mass is 9.97. The number of sulfonamides is 2. The first kappa shape index (κ1) is 21.9. The predicted molar refractivity (Wildman–Crippen MR) is 109 cm³/mol. The van der Waals surface area contributed by atoms with Crippen LogP contribution >= 0.6 is 0 Å². The molecule has 1 saturated heterocycles. The molecule has 0 N–H and O–H groups in total. The van der Waals surface area contributed by atoms with Gasteiger partial charge in [-0.2, -0.15) is 8.61 Å². The second kappa shape index (κ2) is 8.55. The molecule has 0 amide bonds. The Balaban J connectivity index is 1.82. The molecular weight excluding hydrogens is 414 g/mol. The Morgan fingerprint density at radius 3 is 2.28 bits per heavy atom. The molecule has 10 heteroatoms. The molecule has 1 aromatic heterocycles. The quantitative estimate of drug-likeness (QED) is 0.655. The van der Waals surface area contributed by atoms with Crippen LogP contribution in [0.1, 0.15) is 44.1 Å². The first-order valence-corrected chi connectivity index (χ1v) is 12.6. The third kappa shape index (κ3) is 4.40. The van der Waals surface area contributed by atoms with Gasteiger partial charge in [-0.3, -0.25) is 0 Å². The molecular formula is C19H27N3O5S2. The van der Waals surface area contributed by atoms with Gasteiger partial charge in [-0.1, -0.05) is 19.0 Å². The normalized spacial score (nSPS) is 19.0. The number of piperidine rings is 1.